The molecule has 2 amide bonds. The highest BCUT2D eigenvalue weighted by Crippen LogP contribution is 2.60. The summed E-state index contributed by atoms with van der Waals surface area (Å²) in [6.07, 6.45) is 2.84. The highest BCUT2D eigenvalue weighted by molar-refractivity contribution is 5.84. The summed E-state index contributed by atoms with van der Waals surface area (Å²) in [5.41, 5.74) is -0.741. The third-order valence-electron chi connectivity index (χ3n) is 9.60. The van der Waals surface area contributed by atoms with Gasteiger partial charge in [0, 0.05) is 37.6 Å². The van der Waals surface area contributed by atoms with Gasteiger partial charge >= 0.3 is 11.9 Å². The lowest BCUT2D eigenvalue weighted by molar-refractivity contribution is -0.576. The summed E-state index contributed by atoms with van der Waals surface area (Å²) in [5.74, 6) is -2.93. The number of carbonyl (C=O) groups excluding carboxylic acids is 3. The largest absolute Gasteiger partial charge is 0.480 e. The number of ether oxygens (including phenoxy) is 3. The molecule has 5 rings (SSSR count). The van der Waals surface area contributed by atoms with E-state index < -0.39 is 41.9 Å². The minimum absolute atomic E-state index is 0.0272. The highest BCUT2D eigenvalue weighted by Gasteiger charge is 2.69. The third kappa shape index (κ3) is 6.71. The van der Waals surface area contributed by atoms with Crippen molar-refractivity contribution in [1.29, 1.82) is 0 Å². The quantitative estimate of drug-likeness (QED) is 0.177. The summed E-state index contributed by atoms with van der Waals surface area (Å²) in [5, 5.41) is 14.5. The van der Waals surface area contributed by atoms with Crippen LogP contribution >= 0.6 is 0 Å². The van der Waals surface area contributed by atoms with Gasteiger partial charge in [0.2, 0.25) is 23.9 Å². The number of aliphatic carboxylic acids is 1. The monoisotopic (exact) mass is 582 g/mol. The molecule has 0 unspecified atom stereocenters. The Morgan fingerprint density at radius 2 is 1.78 bits per heavy atom. The number of esters is 1. The van der Waals surface area contributed by atoms with Crippen LogP contribution in [0, 0.1) is 29.6 Å². The topological polar surface area (TPSA) is 159 Å². The van der Waals surface area contributed by atoms with Crippen LogP contribution in [0.4, 0.5) is 0 Å². The van der Waals surface area contributed by atoms with Crippen molar-refractivity contribution >= 4 is 23.8 Å². The van der Waals surface area contributed by atoms with Crippen LogP contribution in [0.5, 0.6) is 0 Å². The molecule has 1 aliphatic carbocycles. The average molecular weight is 583 g/mol. The van der Waals surface area contributed by atoms with E-state index in [1.807, 2.05) is 20.8 Å². The molecule has 0 aromatic carbocycles. The van der Waals surface area contributed by atoms with E-state index in [4.69, 9.17) is 24.0 Å². The van der Waals surface area contributed by atoms with E-state index >= 15 is 0 Å². The SMILES string of the molecule is CC[C@@H](C)[C@H](NC(=O)CCCNC(=O)CCC(=O)O[C@@H]1O[C@H]2O[C@@]3(C)CC[C@H]4[C@H](C)CC[C@H]([C@@H]1C)[C@]24OO3)C(=O)O. The van der Waals surface area contributed by atoms with Gasteiger partial charge in [-0.15, -0.1) is 0 Å². The summed E-state index contributed by atoms with van der Waals surface area (Å²) in [6.45, 7) is 9.93. The molecule has 0 radical (unpaired) electrons. The Hall–Kier alpha value is -2.28. The number of carbonyl (C=O) groups is 4. The standard InChI is InChI=1S/C29H46N2O10/c1-6-16(2)24(25(35)36)31-22(33)8-7-15-30-21(32)11-12-23(34)37-26-18(4)20-10-9-17(3)19-13-14-28(5)39-27(38-26)29(19,20)41-40-28/h16-20,24,26-27H,6-15H2,1-5H3,(H,30,32)(H,31,33)(H,35,36)/t16-,17-,18+,19+,20-,24+,26-,27+,28-,29+/m1/s1. The lowest BCUT2D eigenvalue weighted by atomic mass is 9.58. The number of carboxylic acids is 1. The molecule has 1 spiro atoms. The normalized spacial score (nSPS) is 37.2. The molecule has 12 heteroatoms. The van der Waals surface area contributed by atoms with Crippen molar-refractivity contribution in [2.24, 2.45) is 29.6 Å². The van der Waals surface area contributed by atoms with Crippen molar-refractivity contribution in [2.45, 2.75) is 122 Å². The van der Waals surface area contributed by atoms with E-state index in [0.29, 0.717) is 25.2 Å². The van der Waals surface area contributed by atoms with E-state index in [1.54, 1.807) is 6.92 Å². The van der Waals surface area contributed by atoms with Crippen LogP contribution in [0.1, 0.15) is 92.4 Å². The molecular formula is C29H46N2O10. The molecule has 4 heterocycles. The highest BCUT2D eigenvalue weighted by atomic mass is 17.3. The minimum Gasteiger partial charge on any atom is -0.480 e. The molecule has 3 N–H and O–H groups in total. The van der Waals surface area contributed by atoms with E-state index in [0.717, 1.165) is 19.3 Å². The lowest BCUT2D eigenvalue weighted by Gasteiger charge is -2.59. The first-order valence-electron chi connectivity index (χ1n) is 15.1. The fourth-order valence-corrected chi connectivity index (χ4v) is 6.90. The second-order valence-corrected chi connectivity index (χ2v) is 12.5. The third-order valence-corrected chi connectivity index (χ3v) is 9.60. The van der Waals surface area contributed by atoms with Crippen LogP contribution in [0.3, 0.4) is 0 Å². The minimum atomic E-state index is -1.07. The van der Waals surface area contributed by atoms with Crippen molar-refractivity contribution in [2.75, 3.05) is 6.54 Å². The van der Waals surface area contributed by atoms with Crippen LogP contribution in [0.15, 0.2) is 0 Å². The van der Waals surface area contributed by atoms with Crippen LogP contribution < -0.4 is 10.6 Å². The van der Waals surface area contributed by atoms with E-state index in [1.165, 1.54) is 0 Å². The Kier molecular flexibility index (Phi) is 9.98. The molecule has 232 valence electrons. The second-order valence-electron chi connectivity index (χ2n) is 12.5. The number of hydrogen-bond acceptors (Lipinski definition) is 9. The number of carboxylic acid groups (broad SMARTS) is 1. The molecule has 0 aromatic heterocycles. The molecule has 5 fully saturated rings. The van der Waals surface area contributed by atoms with E-state index in [9.17, 15) is 24.3 Å². The Balaban J connectivity index is 1.21. The predicted octanol–water partition coefficient (Wildman–Crippen LogP) is 3.03. The molecule has 4 aliphatic heterocycles. The summed E-state index contributed by atoms with van der Waals surface area (Å²) in [4.78, 5) is 60.4. The van der Waals surface area contributed by atoms with Crippen molar-refractivity contribution in [3.63, 3.8) is 0 Å². The van der Waals surface area contributed by atoms with Crippen LogP contribution in [0.25, 0.3) is 0 Å². The predicted molar refractivity (Wildman–Crippen MR) is 143 cm³/mol. The van der Waals surface area contributed by atoms with Crippen molar-refractivity contribution < 1.29 is 48.3 Å². The molecule has 5 aliphatic rings. The zero-order chi connectivity index (χ0) is 29.9. The first-order valence-corrected chi connectivity index (χ1v) is 15.1. The molecule has 10 atom stereocenters. The fraction of sp³-hybridized carbons (Fsp3) is 0.862. The van der Waals surface area contributed by atoms with Crippen molar-refractivity contribution in [3.05, 3.63) is 0 Å². The number of nitrogens with one attached hydrogen (secondary N) is 2. The fourth-order valence-electron chi connectivity index (χ4n) is 6.90. The number of amides is 2. The maximum Gasteiger partial charge on any atom is 0.326 e. The Labute approximate surface area is 241 Å². The van der Waals surface area contributed by atoms with Crippen molar-refractivity contribution in [3.8, 4) is 0 Å². The summed E-state index contributed by atoms with van der Waals surface area (Å²) in [6, 6.07) is -0.939. The Morgan fingerprint density at radius 3 is 2.49 bits per heavy atom. The van der Waals surface area contributed by atoms with Crippen LogP contribution in [-0.2, 0) is 43.2 Å². The van der Waals surface area contributed by atoms with Gasteiger partial charge < -0.3 is 30.0 Å². The van der Waals surface area contributed by atoms with Gasteiger partial charge in [-0.25, -0.2) is 14.6 Å². The smallest absolute Gasteiger partial charge is 0.326 e. The zero-order valence-corrected chi connectivity index (χ0v) is 24.8. The van der Waals surface area contributed by atoms with E-state index in [-0.39, 0.29) is 61.3 Å². The average Bonchev–Trinajstić information content (AvgIpc) is 3.16. The van der Waals surface area contributed by atoms with Gasteiger partial charge in [0.25, 0.3) is 0 Å². The molecule has 2 bridgehead atoms. The lowest BCUT2D eigenvalue weighted by Crippen LogP contribution is -2.70. The van der Waals surface area contributed by atoms with Crippen molar-refractivity contribution in [1.82, 2.24) is 10.6 Å². The van der Waals surface area contributed by atoms with Gasteiger partial charge in [-0.1, -0.05) is 34.1 Å². The molecule has 0 aromatic rings. The first-order chi connectivity index (χ1) is 19.4. The molecule has 1 saturated carbocycles. The van der Waals surface area contributed by atoms with E-state index in [2.05, 4.69) is 17.6 Å². The number of hydrogen-bond donors (Lipinski definition) is 3. The van der Waals surface area contributed by atoms with Gasteiger partial charge in [0.05, 0.1) is 6.42 Å². The molecular weight excluding hydrogens is 536 g/mol. The molecule has 4 saturated heterocycles. The maximum atomic E-state index is 12.7. The van der Waals surface area contributed by atoms with Gasteiger partial charge in [0.1, 0.15) is 6.04 Å². The summed E-state index contributed by atoms with van der Waals surface area (Å²) >= 11 is 0. The number of fused-ring (bicyclic) bond motifs is 2. The van der Waals surface area contributed by atoms with Gasteiger partial charge in [-0.2, -0.15) is 0 Å². The van der Waals surface area contributed by atoms with Crippen LogP contribution in [0.2, 0.25) is 0 Å². The maximum absolute atomic E-state index is 12.7. The number of rotatable bonds is 12. The second kappa shape index (κ2) is 12.9. The van der Waals surface area contributed by atoms with Crippen LogP contribution in [-0.4, -0.2) is 65.4 Å². The van der Waals surface area contributed by atoms with Gasteiger partial charge in [-0.05, 0) is 50.4 Å². The zero-order valence-electron chi connectivity index (χ0n) is 24.8. The molecule has 41 heavy (non-hydrogen) atoms. The summed E-state index contributed by atoms with van der Waals surface area (Å²) in [7, 11) is 0. The van der Waals surface area contributed by atoms with Gasteiger partial charge in [0.15, 0.2) is 11.9 Å². The van der Waals surface area contributed by atoms with Gasteiger partial charge in [-0.3, -0.25) is 14.4 Å². The first kappa shape index (κ1) is 31.7. The summed E-state index contributed by atoms with van der Waals surface area (Å²) < 4.78 is 18.3. The Bertz CT molecular complexity index is 993. The molecule has 12 nitrogen and oxygen atoms in total. The Morgan fingerprint density at radius 1 is 1.02 bits per heavy atom.